The van der Waals surface area contributed by atoms with Gasteiger partial charge in [-0.1, -0.05) is 49.8 Å². The lowest BCUT2D eigenvalue weighted by Gasteiger charge is -2.01. The quantitative estimate of drug-likeness (QED) is 0.275. The molecule has 0 unspecified atom stereocenters. The van der Waals surface area contributed by atoms with Gasteiger partial charge in [0.1, 0.15) is 0 Å². The first kappa shape index (κ1) is 14.8. The first-order valence-electron chi connectivity index (χ1n) is 5.35. The second-order valence-electron chi connectivity index (χ2n) is 3.44. The van der Waals surface area contributed by atoms with Crippen LogP contribution in [-0.4, -0.2) is 19.6 Å². The van der Waals surface area contributed by atoms with Crippen LogP contribution >= 0.6 is 0 Å². The van der Waals surface area contributed by atoms with Crippen molar-refractivity contribution in [2.45, 2.75) is 51.9 Å². The second-order valence-corrected chi connectivity index (χ2v) is 4.43. The van der Waals surface area contributed by atoms with Crippen LogP contribution in [0.3, 0.4) is 0 Å². The molecule has 0 rings (SSSR count). The minimum atomic E-state index is -4.45. The molecule has 15 heavy (non-hydrogen) atoms. The van der Waals surface area contributed by atoms with Gasteiger partial charge in [-0.3, -0.25) is 4.55 Å². The van der Waals surface area contributed by atoms with E-state index < -0.39 is 10.4 Å². The fourth-order valence-corrected chi connectivity index (χ4v) is 1.40. The van der Waals surface area contributed by atoms with Crippen LogP contribution in [0, 0.1) is 0 Å². The maximum atomic E-state index is 10.0. The highest BCUT2D eigenvalue weighted by molar-refractivity contribution is 7.80. The number of rotatable bonds is 10. The average molecular weight is 240 g/mol. The Kier molecular flexibility index (Phi) is 8.98. The molecule has 0 aliphatic rings. The smallest absolute Gasteiger partial charge is 0.262 e. The topological polar surface area (TPSA) is 72.8 Å². The van der Waals surface area contributed by atoms with E-state index in [9.17, 15) is 8.42 Å². The van der Waals surface area contributed by atoms with Crippen molar-refractivity contribution in [3.8, 4) is 0 Å². The normalized spacial score (nSPS) is 11.9. The van der Waals surface area contributed by atoms with E-state index in [2.05, 4.69) is 16.1 Å². The Morgan fingerprint density at radius 3 is 2.07 bits per heavy atom. The molecule has 0 radical (unpaired) electrons. The molecule has 0 atom stereocenters. The summed E-state index contributed by atoms with van der Waals surface area (Å²) in [6.45, 7) is 2.36. The van der Waals surface area contributed by atoms with E-state index in [0.717, 1.165) is 19.3 Å². The highest BCUT2D eigenvalue weighted by atomic mass is 32.3. The summed E-state index contributed by atoms with van der Waals surface area (Å²) in [5.41, 5.74) is 0. The minimum absolute atomic E-state index is 0.188. The molecule has 1 N–H and O–H groups in total. The lowest BCUT2D eigenvalue weighted by molar-refractivity contribution is -0.208. The van der Waals surface area contributed by atoms with Crippen LogP contribution in [-0.2, 0) is 19.6 Å². The minimum Gasteiger partial charge on any atom is -0.262 e. The van der Waals surface area contributed by atoms with Crippen LogP contribution in [0.2, 0.25) is 0 Å². The van der Waals surface area contributed by atoms with Crippen LogP contribution in [0.25, 0.3) is 0 Å². The molecule has 0 heterocycles. The molecular weight excluding hydrogens is 220 g/mol. The van der Waals surface area contributed by atoms with Gasteiger partial charge in [-0.25, -0.2) is 4.89 Å². The summed E-state index contributed by atoms with van der Waals surface area (Å²) in [6, 6.07) is 0. The van der Waals surface area contributed by atoms with Crippen molar-refractivity contribution in [2.24, 2.45) is 0 Å². The van der Waals surface area contributed by atoms with Gasteiger partial charge in [0.05, 0.1) is 6.61 Å². The summed E-state index contributed by atoms with van der Waals surface area (Å²) >= 11 is 0. The van der Waals surface area contributed by atoms with Crippen LogP contribution in [0.15, 0.2) is 0 Å². The predicted molar refractivity (Wildman–Crippen MR) is 56.6 cm³/mol. The van der Waals surface area contributed by atoms with E-state index in [1.165, 1.54) is 25.7 Å². The third-order valence-electron chi connectivity index (χ3n) is 1.97. The van der Waals surface area contributed by atoms with Crippen molar-refractivity contribution in [3.05, 3.63) is 0 Å². The third kappa shape index (κ3) is 13.8. The fraction of sp³-hybridized carbons (Fsp3) is 1.00. The van der Waals surface area contributed by atoms with Crippen molar-refractivity contribution < 1.29 is 22.2 Å². The van der Waals surface area contributed by atoms with E-state index in [0.29, 0.717) is 0 Å². The summed E-state index contributed by atoms with van der Waals surface area (Å²) in [7, 11) is -4.45. The summed E-state index contributed by atoms with van der Waals surface area (Å²) in [5, 5.41) is 0. The van der Waals surface area contributed by atoms with Gasteiger partial charge in [-0.05, 0) is 6.42 Å². The molecule has 0 aromatic heterocycles. The van der Waals surface area contributed by atoms with Gasteiger partial charge in [0.25, 0.3) is 0 Å². The van der Waals surface area contributed by atoms with Crippen molar-refractivity contribution >= 4 is 10.4 Å². The van der Waals surface area contributed by atoms with Gasteiger partial charge in [-0.15, -0.1) is 0 Å². The van der Waals surface area contributed by atoms with Crippen LogP contribution in [0.5, 0.6) is 0 Å². The monoisotopic (exact) mass is 240 g/mol. The molecule has 6 heteroatoms. The zero-order valence-electron chi connectivity index (χ0n) is 9.15. The van der Waals surface area contributed by atoms with Crippen molar-refractivity contribution in [1.82, 2.24) is 0 Å². The van der Waals surface area contributed by atoms with Crippen molar-refractivity contribution in [2.75, 3.05) is 6.61 Å². The molecule has 0 spiro atoms. The fourth-order valence-electron chi connectivity index (χ4n) is 1.21. The molecule has 0 fully saturated rings. The first-order valence-corrected chi connectivity index (χ1v) is 6.71. The first-order chi connectivity index (χ1) is 7.06. The van der Waals surface area contributed by atoms with E-state index in [4.69, 9.17) is 4.55 Å². The zero-order valence-corrected chi connectivity index (χ0v) is 9.96. The van der Waals surface area contributed by atoms with Gasteiger partial charge in [-0.2, -0.15) is 8.42 Å². The number of unbranched alkanes of at least 4 members (excludes halogenated alkanes) is 6. The standard InChI is InChI=1S/C9H20O5S/c1-2-3-4-5-6-7-8-9-13-14-15(10,11)12/h2-9H2,1H3,(H,10,11,12). The van der Waals surface area contributed by atoms with Crippen LogP contribution in [0.4, 0.5) is 0 Å². The number of hydrogen-bond acceptors (Lipinski definition) is 4. The molecular formula is C9H20O5S. The molecule has 0 bridgehead atoms. The van der Waals surface area contributed by atoms with Crippen molar-refractivity contribution in [3.63, 3.8) is 0 Å². The molecule has 0 amide bonds. The third-order valence-corrected chi connectivity index (χ3v) is 2.23. The summed E-state index contributed by atoms with van der Waals surface area (Å²) < 4.78 is 31.9. The highest BCUT2D eigenvalue weighted by Crippen LogP contribution is 2.06. The molecule has 92 valence electrons. The highest BCUT2D eigenvalue weighted by Gasteiger charge is 2.04. The Morgan fingerprint density at radius 2 is 1.53 bits per heavy atom. The lowest BCUT2D eigenvalue weighted by Crippen LogP contribution is -2.05. The Morgan fingerprint density at radius 1 is 1.00 bits per heavy atom. The number of hydrogen-bond donors (Lipinski definition) is 1. The van der Waals surface area contributed by atoms with Gasteiger partial charge >= 0.3 is 10.4 Å². The molecule has 0 aliphatic carbocycles. The van der Waals surface area contributed by atoms with Crippen molar-refractivity contribution in [1.29, 1.82) is 0 Å². The summed E-state index contributed by atoms with van der Waals surface area (Å²) in [4.78, 5) is 4.29. The predicted octanol–water partition coefficient (Wildman–Crippen LogP) is 2.49. The molecule has 0 saturated heterocycles. The summed E-state index contributed by atoms with van der Waals surface area (Å²) in [5.74, 6) is 0. The molecule has 0 aliphatic heterocycles. The largest absolute Gasteiger partial charge is 0.424 e. The van der Waals surface area contributed by atoms with Crippen LogP contribution < -0.4 is 0 Å². The molecule has 5 nitrogen and oxygen atoms in total. The van der Waals surface area contributed by atoms with Gasteiger partial charge in [0.15, 0.2) is 0 Å². The van der Waals surface area contributed by atoms with Crippen LogP contribution in [0.1, 0.15) is 51.9 Å². The van der Waals surface area contributed by atoms with Gasteiger partial charge in [0, 0.05) is 0 Å². The lowest BCUT2D eigenvalue weighted by atomic mass is 10.1. The van der Waals surface area contributed by atoms with Gasteiger partial charge < -0.3 is 0 Å². The zero-order chi connectivity index (χ0) is 11.6. The molecule has 0 saturated carbocycles. The summed E-state index contributed by atoms with van der Waals surface area (Å²) in [6.07, 6.45) is 7.79. The maximum Gasteiger partial charge on any atom is 0.424 e. The SMILES string of the molecule is CCCCCCCCCOOS(=O)(=O)O. The Bertz CT molecular complexity index is 225. The molecule has 0 aromatic rings. The Labute approximate surface area is 91.7 Å². The van der Waals surface area contributed by atoms with E-state index in [1.807, 2.05) is 0 Å². The van der Waals surface area contributed by atoms with Gasteiger partial charge in [0.2, 0.25) is 0 Å². The molecule has 0 aromatic carbocycles. The van der Waals surface area contributed by atoms with E-state index in [-0.39, 0.29) is 6.61 Å². The average Bonchev–Trinajstić information content (AvgIpc) is 2.14. The Balaban J connectivity index is 3.06. The second kappa shape index (κ2) is 9.08. The maximum absolute atomic E-state index is 10.0. The van der Waals surface area contributed by atoms with E-state index >= 15 is 0 Å². The Hall–Kier alpha value is -0.170. The van der Waals surface area contributed by atoms with E-state index in [1.54, 1.807) is 0 Å².